The number of fused-ring (bicyclic) bond motifs is 2. The largest absolute Gasteiger partial charge is 0.463 e. The molecule has 4 aliphatic rings. The summed E-state index contributed by atoms with van der Waals surface area (Å²) in [7, 11) is 0. The molecular formula is C20H32O5. The van der Waals surface area contributed by atoms with Gasteiger partial charge in [-0.25, -0.2) is 0 Å². The van der Waals surface area contributed by atoms with Gasteiger partial charge in [0, 0.05) is 10.8 Å². The number of carbonyl (C=O) groups excluding carboxylic acids is 1. The Labute approximate surface area is 150 Å². The van der Waals surface area contributed by atoms with Gasteiger partial charge in [0.25, 0.3) is 0 Å². The molecule has 0 radical (unpaired) electrons. The molecule has 0 aromatic heterocycles. The zero-order valence-electron chi connectivity index (χ0n) is 15.7. The van der Waals surface area contributed by atoms with E-state index in [-0.39, 0.29) is 29.5 Å². The molecule has 25 heavy (non-hydrogen) atoms. The summed E-state index contributed by atoms with van der Waals surface area (Å²) in [5, 5.41) is 20.8. The maximum absolute atomic E-state index is 11.7. The minimum atomic E-state index is -0.485. The van der Waals surface area contributed by atoms with Crippen LogP contribution in [0.2, 0.25) is 0 Å². The highest BCUT2D eigenvalue weighted by Gasteiger charge is 2.69. The van der Waals surface area contributed by atoms with Crippen LogP contribution in [-0.4, -0.2) is 46.7 Å². The highest BCUT2D eigenvalue weighted by atomic mass is 16.6. The Bertz CT molecular complexity index is 578. The molecule has 7 atom stereocenters. The lowest BCUT2D eigenvalue weighted by Gasteiger charge is -2.65. The fraction of sp³-hybridized carbons (Fsp3) is 0.950. The van der Waals surface area contributed by atoms with Crippen LogP contribution in [0.4, 0.5) is 0 Å². The van der Waals surface area contributed by atoms with Gasteiger partial charge in [0.15, 0.2) is 0 Å². The maximum atomic E-state index is 11.7. The van der Waals surface area contributed by atoms with Crippen molar-refractivity contribution >= 4 is 5.97 Å². The molecule has 0 aromatic rings. The SMILES string of the molecule is CC1CCC2C(C)(CO)C(O)CCC2(C)C12CCC1(COC(=O)C1)O2. The van der Waals surface area contributed by atoms with Crippen LogP contribution < -0.4 is 0 Å². The minimum Gasteiger partial charge on any atom is -0.463 e. The van der Waals surface area contributed by atoms with E-state index in [9.17, 15) is 15.0 Å². The van der Waals surface area contributed by atoms with Crippen molar-refractivity contribution in [1.29, 1.82) is 0 Å². The van der Waals surface area contributed by atoms with Gasteiger partial charge in [-0.2, -0.15) is 0 Å². The zero-order chi connectivity index (χ0) is 18.1. The van der Waals surface area contributed by atoms with Crippen molar-refractivity contribution in [3.8, 4) is 0 Å². The van der Waals surface area contributed by atoms with E-state index in [1.807, 2.05) is 6.92 Å². The average molecular weight is 352 g/mol. The standard InChI is InChI=1S/C20H32O5/c1-13-4-5-14-17(2,11-21)15(22)6-7-18(14,3)20(13)9-8-19(25-20)10-16(23)24-12-19/h13-15,21-22H,4-12H2,1-3H3. The molecule has 5 nitrogen and oxygen atoms in total. The first-order valence-electron chi connectivity index (χ1n) is 9.86. The number of ether oxygens (including phenoxy) is 2. The monoisotopic (exact) mass is 352 g/mol. The Morgan fingerprint density at radius 2 is 1.92 bits per heavy atom. The van der Waals surface area contributed by atoms with E-state index in [0.717, 1.165) is 32.1 Å². The Hall–Kier alpha value is -0.650. The zero-order valence-corrected chi connectivity index (χ0v) is 15.7. The van der Waals surface area contributed by atoms with Crippen LogP contribution >= 0.6 is 0 Å². The third-order valence-electron chi connectivity index (χ3n) is 8.57. The third-order valence-corrected chi connectivity index (χ3v) is 8.57. The van der Waals surface area contributed by atoms with Crippen LogP contribution in [0.5, 0.6) is 0 Å². The van der Waals surface area contributed by atoms with Gasteiger partial charge >= 0.3 is 5.97 Å². The molecule has 0 aromatic carbocycles. The van der Waals surface area contributed by atoms with Gasteiger partial charge in [-0.3, -0.25) is 4.79 Å². The van der Waals surface area contributed by atoms with E-state index in [1.165, 1.54) is 0 Å². The third kappa shape index (κ3) is 2.15. The van der Waals surface area contributed by atoms with Crippen LogP contribution in [0.15, 0.2) is 0 Å². The van der Waals surface area contributed by atoms with Crippen molar-refractivity contribution in [3.05, 3.63) is 0 Å². The second-order valence-electron chi connectivity index (χ2n) is 9.68. The van der Waals surface area contributed by atoms with Crippen LogP contribution in [0, 0.1) is 22.7 Å². The minimum absolute atomic E-state index is 0.00558. The molecule has 4 rings (SSSR count). The number of aliphatic hydroxyl groups is 2. The Balaban J connectivity index is 1.74. The molecule has 142 valence electrons. The topological polar surface area (TPSA) is 76.0 Å². The molecule has 2 saturated heterocycles. The lowest BCUT2D eigenvalue weighted by Crippen LogP contribution is -2.66. The van der Waals surface area contributed by atoms with Gasteiger partial charge in [0.2, 0.25) is 0 Å². The van der Waals surface area contributed by atoms with Gasteiger partial charge in [-0.15, -0.1) is 0 Å². The molecule has 2 heterocycles. The molecule has 2 saturated carbocycles. The number of cyclic esters (lactones) is 1. The lowest BCUT2D eigenvalue weighted by molar-refractivity contribution is -0.266. The summed E-state index contributed by atoms with van der Waals surface area (Å²) in [5.41, 5.74) is -1.33. The fourth-order valence-electron chi connectivity index (χ4n) is 6.94. The number of carbonyl (C=O) groups is 1. The summed E-state index contributed by atoms with van der Waals surface area (Å²) < 4.78 is 12.1. The van der Waals surface area contributed by atoms with E-state index in [1.54, 1.807) is 0 Å². The van der Waals surface area contributed by atoms with Crippen LogP contribution in [0.25, 0.3) is 0 Å². The van der Waals surface area contributed by atoms with Crippen LogP contribution in [0.1, 0.15) is 65.7 Å². The normalized spacial score (nSPS) is 55.6. The van der Waals surface area contributed by atoms with Gasteiger partial charge in [-0.1, -0.05) is 20.8 Å². The number of aliphatic hydroxyl groups excluding tert-OH is 2. The highest BCUT2D eigenvalue weighted by Crippen LogP contribution is 2.68. The van der Waals surface area contributed by atoms with Crippen molar-refractivity contribution in [1.82, 2.24) is 0 Å². The first kappa shape index (κ1) is 17.7. The summed E-state index contributed by atoms with van der Waals surface area (Å²) in [6, 6.07) is 0. The number of rotatable bonds is 1. The van der Waals surface area contributed by atoms with E-state index < -0.39 is 17.1 Å². The first-order valence-corrected chi connectivity index (χ1v) is 9.86. The molecule has 2 spiro atoms. The Morgan fingerprint density at radius 3 is 2.56 bits per heavy atom. The smallest absolute Gasteiger partial charge is 0.308 e. The van der Waals surface area contributed by atoms with Gasteiger partial charge in [-0.05, 0) is 50.4 Å². The Morgan fingerprint density at radius 1 is 1.16 bits per heavy atom. The molecule has 2 aliphatic heterocycles. The predicted molar refractivity (Wildman–Crippen MR) is 91.8 cm³/mol. The highest BCUT2D eigenvalue weighted by molar-refractivity contribution is 5.73. The van der Waals surface area contributed by atoms with E-state index >= 15 is 0 Å². The first-order chi connectivity index (χ1) is 11.7. The van der Waals surface area contributed by atoms with Crippen molar-refractivity contribution in [2.45, 2.75) is 83.0 Å². The molecule has 4 fully saturated rings. The second kappa shape index (κ2) is 5.43. The fourth-order valence-corrected chi connectivity index (χ4v) is 6.94. The predicted octanol–water partition coefficient (Wildman–Crippen LogP) is 2.43. The summed E-state index contributed by atoms with van der Waals surface area (Å²) >= 11 is 0. The van der Waals surface area contributed by atoms with Crippen LogP contribution in [0.3, 0.4) is 0 Å². The molecule has 2 N–H and O–H groups in total. The van der Waals surface area contributed by atoms with Crippen molar-refractivity contribution < 1.29 is 24.5 Å². The number of hydrogen-bond donors (Lipinski definition) is 2. The molecule has 0 bridgehead atoms. The molecule has 2 aliphatic carbocycles. The van der Waals surface area contributed by atoms with Gasteiger partial charge < -0.3 is 19.7 Å². The molecule has 7 unspecified atom stereocenters. The second-order valence-corrected chi connectivity index (χ2v) is 9.68. The van der Waals surface area contributed by atoms with E-state index in [0.29, 0.717) is 25.4 Å². The lowest BCUT2D eigenvalue weighted by atomic mass is 9.43. The van der Waals surface area contributed by atoms with Gasteiger partial charge in [0.05, 0.1) is 24.7 Å². The number of hydrogen-bond acceptors (Lipinski definition) is 5. The van der Waals surface area contributed by atoms with Gasteiger partial charge in [0.1, 0.15) is 12.2 Å². The van der Waals surface area contributed by atoms with Crippen molar-refractivity contribution in [2.75, 3.05) is 13.2 Å². The van der Waals surface area contributed by atoms with Crippen molar-refractivity contribution in [3.63, 3.8) is 0 Å². The molecular weight excluding hydrogens is 320 g/mol. The Kier molecular flexibility index (Phi) is 3.85. The number of esters is 1. The molecule has 0 amide bonds. The average Bonchev–Trinajstić information content (AvgIpc) is 3.14. The van der Waals surface area contributed by atoms with Crippen LogP contribution in [-0.2, 0) is 14.3 Å². The quantitative estimate of drug-likeness (QED) is 0.709. The summed E-state index contributed by atoms with van der Waals surface area (Å²) in [6.45, 7) is 7.01. The summed E-state index contributed by atoms with van der Waals surface area (Å²) in [6.07, 6.45) is 5.36. The molecule has 5 heteroatoms. The van der Waals surface area contributed by atoms with Crippen molar-refractivity contribution in [2.24, 2.45) is 22.7 Å². The summed E-state index contributed by atoms with van der Waals surface area (Å²) in [5.74, 6) is 0.474. The summed E-state index contributed by atoms with van der Waals surface area (Å²) in [4.78, 5) is 11.7. The van der Waals surface area contributed by atoms with E-state index in [4.69, 9.17) is 9.47 Å². The van der Waals surface area contributed by atoms with E-state index in [2.05, 4.69) is 13.8 Å². The maximum Gasteiger partial charge on any atom is 0.308 e.